The van der Waals surface area contributed by atoms with Crippen molar-refractivity contribution >= 4 is 23.7 Å². The van der Waals surface area contributed by atoms with E-state index in [1.807, 2.05) is 36.4 Å². The molecule has 0 bridgehead atoms. The largest absolute Gasteiger partial charge is 0.492 e. The van der Waals surface area contributed by atoms with Crippen molar-refractivity contribution in [1.82, 2.24) is 15.1 Å². The van der Waals surface area contributed by atoms with Crippen LogP contribution < -0.4 is 26.0 Å². The molecule has 13 heteroatoms. The minimum atomic E-state index is -1.12. The van der Waals surface area contributed by atoms with Crippen molar-refractivity contribution in [3.8, 4) is 11.5 Å². The molecule has 0 aliphatic heterocycles. The minimum Gasteiger partial charge on any atom is -0.492 e. The zero-order valence-electron chi connectivity index (χ0n) is 32.4. The summed E-state index contributed by atoms with van der Waals surface area (Å²) in [6.07, 6.45) is -0.606. The lowest BCUT2D eigenvalue weighted by atomic mass is 10.1. The van der Waals surface area contributed by atoms with Gasteiger partial charge in [0.2, 0.25) is 0 Å². The van der Waals surface area contributed by atoms with Gasteiger partial charge in [0.25, 0.3) is 5.91 Å². The summed E-state index contributed by atoms with van der Waals surface area (Å²) in [5.74, 6) is -0.325. The van der Waals surface area contributed by atoms with E-state index in [0.717, 1.165) is 50.4 Å². The average Bonchev–Trinajstić information content (AvgIpc) is 3.13. The van der Waals surface area contributed by atoms with Gasteiger partial charge in [-0.15, -0.1) is 0 Å². The summed E-state index contributed by atoms with van der Waals surface area (Å²) >= 11 is 0. The molecule has 0 aromatic heterocycles. The standard InChI is InChI=1S/C21H25NO5.C19H34N4O3/c1-21(2,3)27-20(25)22-18(19(23)24)13-15-9-11-17(12-10-15)26-14-16-7-5-4-6-8-16;1-5-22(6-2)11-13-25-16-9-10-18(17(15-16)19(20)24)21-26-14-12-23(7-3)8-4/h4-12,18H,13-14H2,1-3H3,(H,22,25)(H,23,24);9-10,15,21H,5-8,11-14H2,1-4H3,(H2,20,24)/t18-;/m1./s1. The first-order valence-electron chi connectivity index (χ1n) is 18.1. The van der Waals surface area contributed by atoms with Gasteiger partial charge in [-0.1, -0.05) is 70.2 Å². The second-order valence-electron chi connectivity index (χ2n) is 13.1. The van der Waals surface area contributed by atoms with Crippen LogP contribution in [-0.2, 0) is 27.4 Å². The molecule has 0 aliphatic carbocycles. The first-order valence-corrected chi connectivity index (χ1v) is 18.1. The van der Waals surface area contributed by atoms with E-state index in [0.29, 0.717) is 42.6 Å². The van der Waals surface area contributed by atoms with Gasteiger partial charge in [-0.3, -0.25) is 15.1 Å². The predicted octanol–water partition coefficient (Wildman–Crippen LogP) is 5.98. The summed E-state index contributed by atoms with van der Waals surface area (Å²) in [7, 11) is 0. The maximum atomic E-state index is 11.8. The van der Waals surface area contributed by atoms with E-state index < -0.39 is 29.6 Å². The van der Waals surface area contributed by atoms with E-state index >= 15 is 0 Å². The van der Waals surface area contributed by atoms with Crippen LogP contribution in [0.15, 0.2) is 72.8 Å². The number of carboxylic acid groups (broad SMARTS) is 1. The number of anilines is 1. The number of nitrogens with one attached hydrogen (secondary N) is 2. The third kappa shape index (κ3) is 18.0. The molecule has 0 fully saturated rings. The number of alkyl carbamates (subject to hydrolysis) is 1. The second kappa shape index (κ2) is 23.7. The molecule has 0 spiro atoms. The zero-order valence-corrected chi connectivity index (χ0v) is 32.4. The molecule has 3 aromatic rings. The number of hydrogen-bond donors (Lipinski definition) is 4. The number of primary amides is 1. The number of carbonyl (C=O) groups excluding carboxylic acids is 2. The van der Waals surface area contributed by atoms with Crippen molar-refractivity contribution in [3.05, 3.63) is 89.5 Å². The molecule has 0 aliphatic rings. The third-order valence-electron chi connectivity index (χ3n) is 8.01. The fourth-order valence-electron chi connectivity index (χ4n) is 4.93. The molecule has 0 saturated carbocycles. The number of benzene rings is 3. The summed E-state index contributed by atoms with van der Waals surface area (Å²) < 4.78 is 16.6. The normalized spacial score (nSPS) is 11.6. The lowest BCUT2D eigenvalue weighted by Gasteiger charge is -2.22. The van der Waals surface area contributed by atoms with Gasteiger partial charge in [0, 0.05) is 19.5 Å². The van der Waals surface area contributed by atoms with Crippen molar-refractivity contribution in [3.63, 3.8) is 0 Å². The van der Waals surface area contributed by atoms with Crippen LogP contribution in [0.5, 0.6) is 11.5 Å². The highest BCUT2D eigenvalue weighted by Gasteiger charge is 2.24. The Labute approximate surface area is 314 Å². The van der Waals surface area contributed by atoms with E-state index in [-0.39, 0.29) is 6.42 Å². The first-order chi connectivity index (χ1) is 25.3. The van der Waals surface area contributed by atoms with E-state index in [4.69, 9.17) is 24.8 Å². The molecule has 1 atom stereocenters. The summed E-state index contributed by atoms with van der Waals surface area (Å²) in [4.78, 5) is 45.0. The highest BCUT2D eigenvalue weighted by atomic mass is 16.6. The van der Waals surface area contributed by atoms with Gasteiger partial charge in [0.15, 0.2) is 0 Å². The van der Waals surface area contributed by atoms with Crippen molar-refractivity contribution in [2.45, 2.75) is 73.1 Å². The van der Waals surface area contributed by atoms with Crippen LogP contribution in [0.2, 0.25) is 0 Å². The lowest BCUT2D eigenvalue weighted by Crippen LogP contribution is -2.44. The van der Waals surface area contributed by atoms with Crippen molar-refractivity contribution in [1.29, 1.82) is 0 Å². The predicted molar refractivity (Wildman–Crippen MR) is 207 cm³/mol. The summed E-state index contributed by atoms with van der Waals surface area (Å²) in [6, 6.07) is 21.1. The number of rotatable bonds is 21. The van der Waals surface area contributed by atoms with Gasteiger partial charge < -0.3 is 40.2 Å². The number of carbonyl (C=O) groups is 3. The quantitative estimate of drug-likeness (QED) is 0.0751. The Kier molecular flexibility index (Phi) is 19.8. The maximum Gasteiger partial charge on any atom is 0.408 e. The molecule has 0 saturated heterocycles. The summed E-state index contributed by atoms with van der Waals surface area (Å²) in [6.45, 7) is 20.7. The SMILES string of the molecule is CC(C)(C)OC(=O)N[C@H](Cc1ccc(OCc2ccccc2)cc1)C(=O)O.CCN(CC)CCONc1ccc(OCCN(CC)CC)cc1C(N)=O. The molecule has 292 valence electrons. The van der Waals surface area contributed by atoms with Gasteiger partial charge >= 0.3 is 12.1 Å². The Balaban J connectivity index is 0.000000367. The molecule has 0 heterocycles. The molecule has 5 N–H and O–H groups in total. The van der Waals surface area contributed by atoms with Crippen LogP contribution >= 0.6 is 0 Å². The summed E-state index contributed by atoms with van der Waals surface area (Å²) in [5, 5.41) is 11.7. The third-order valence-corrected chi connectivity index (χ3v) is 8.01. The number of likely N-dealkylation sites (N-methyl/N-ethyl adjacent to an activating group) is 2. The van der Waals surface area contributed by atoms with Crippen molar-refractivity contribution < 1.29 is 38.5 Å². The molecule has 3 rings (SSSR count). The van der Waals surface area contributed by atoms with Gasteiger partial charge in [-0.2, -0.15) is 0 Å². The fraction of sp³-hybridized carbons (Fsp3) is 0.475. The molecule has 0 unspecified atom stereocenters. The molecule has 53 heavy (non-hydrogen) atoms. The van der Waals surface area contributed by atoms with Crippen LogP contribution in [-0.4, -0.2) is 97.0 Å². The van der Waals surface area contributed by atoms with Gasteiger partial charge in [-0.25, -0.2) is 9.59 Å². The minimum absolute atomic E-state index is 0.146. The fourth-order valence-corrected chi connectivity index (χ4v) is 4.93. The van der Waals surface area contributed by atoms with E-state index in [1.54, 1.807) is 57.2 Å². The van der Waals surface area contributed by atoms with E-state index in [9.17, 15) is 19.5 Å². The Morgan fingerprint density at radius 2 is 1.36 bits per heavy atom. The van der Waals surface area contributed by atoms with E-state index in [1.165, 1.54) is 0 Å². The average molecular weight is 738 g/mol. The van der Waals surface area contributed by atoms with Gasteiger partial charge in [0.1, 0.15) is 36.4 Å². The number of amides is 2. The Morgan fingerprint density at radius 1 is 0.774 bits per heavy atom. The van der Waals surface area contributed by atoms with Gasteiger partial charge in [-0.05, 0) is 88.4 Å². The molecule has 0 radical (unpaired) electrons. The number of carboxylic acids is 1. The number of hydrogen-bond acceptors (Lipinski definition) is 10. The molecule has 3 aromatic carbocycles. The first kappa shape index (κ1) is 44.3. The van der Waals surface area contributed by atoms with Crippen molar-refractivity contribution in [2.75, 3.05) is 58.0 Å². The lowest BCUT2D eigenvalue weighted by molar-refractivity contribution is -0.139. The number of nitrogens with zero attached hydrogens (tertiary/aromatic N) is 2. The zero-order chi connectivity index (χ0) is 39.2. The van der Waals surface area contributed by atoms with Crippen LogP contribution in [0.4, 0.5) is 10.5 Å². The van der Waals surface area contributed by atoms with Crippen molar-refractivity contribution in [2.24, 2.45) is 5.73 Å². The smallest absolute Gasteiger partial charge is 0.408 e. The Morgan fingerprint density at radius 3 is 1.91 bits per heavy atom. The Hall–Kier alpha value is -4.85. The molecular weight excluding hydrogens is 678 g/mol. The van der Waals surface area contributed by atoms with Gasteiger partial charge in [0.05, 0.1) is 17.9 Å². The highest BCUT2D eigenvalue weighted by molar-refractivity contribution is 5.98. The summed E-state index contributed by atoms with van der Waals surface area (Å²) in [5.41, 5.74) is 10.4. The number of aliphatic carboxylic acids is 1. The van der Waals surface area contributed by atoms with Crippen LogP contribution in [0, 0.1) is 0 Å². The second-order valence-corrected chi connectivity index (χ2v) is 13.1. The molecule has 13 nitrogen and oxygen atoms in total. The number of ether oxygens (including phenoxy) is 3. The maximum absolute atomic E-state index is 11.8. The topological polar surface area (TPSA) is 165 Å². The molecular formula is C40H59N5O8. The molecule has 2 amide bonds. The highest BCUT2D eigenvalue weighted by Crippen LogP contribution is 2.22. The van der Waals surface area contributed by atoms with E-state index in [2.05, 4.69) is 48.3 Å². The van der Waals surface area contributed by atoms with Crippen LogP contribution in [0.3, 0.4) is 0 Å². The Bertz CT molecular complexity index is 1510. The monoisotopic (exact) mass is 737 g/mol. The van der Waals surface area contributed by atoms with Crippen LogP contribution in [0.1, 0.15) is 70.0 Å². The van der Waals surface area contributed by atoms with Crippen LogP contribution in [0.25, 0.3) is 0 Å². The number of nitrogens with two attached hydrogens (primary N) is 1.